The number of ether oxygens (including phenoxy) is 1. The summed E-state index contributed by atoms with van der Waals surface area (Å²) in [4.78, 5) is 0. The second kappa shape index (κ2) is 6.55. The van der Waals surface area contributed by atoms with Crippen LogP contribution in [-0.2, 0) is 11.2 Å². The zero-order valence-electron chi connectivity index (χ0n) is 12.0. The van der Waals surface area contributed by atoms with Gasteiger partial charge in [0.2, 0.25) is 0 Å². The van der Waals surface area contributed by atoms with Gasteiger partial charge in [-0.3, -0.25) is 0 Å². The van der Waals surface area contributed by atoms with Gasteiger partial charge < -0.3 is 10.1 Å². The lowest BCUT2D eigenvalue weighted by molar-refractivity contribution is -0.00921. The van der Waals surface area contributed by atoms with Crippen molar-refractivity contribution >= 4 is 11.6 Å². The molecule has 1 aromatic rings. The summed E-state index contributed by atoms with van der Waals surface area (Å²) in [5.74, 6) is 0. The molecule has 1 rings (SSSR count). The predicted octanol–water partition coefficient (Wildman–Crippen LogP) is 3.53. The van der Waals surface area contributed by atoms with Crippen LogP contribution >= 0.6 is 11.6 Å². The summed E-state index contributed by atoms with van der Waals surface area (Å²) in [6.07, 6.45) is 1.06. The van der Waals surface area contributed by atoms with Gasteiger partial charge in [-0.1, -0.05) is 44.5 Å². The van der Waals surface area contributed by atoms with Gasteiger partial charge in [0, 0.05) is 18.2 Å². The Bertz CT molecular complexity index is 373. The minimum absolute atomic E-state index is 0.0982. The summed E-state index contributed by atoms with van der Waals surface area (Å²) in [5.41, 5.74) is 1.33. The van der Waals surface area contributed by atoms with Crippen LogP contribution in [0.5, 0.6) is 0 Å². The quantitative estimate of drug-likeness (QED) is 0.883. The third-order valence-electron chi connectivity index (χ3n) is 3.19. The molecule has 0 aliphatic heterocycles. The van der Waals surface area contributed by atoms with Crippen molar-refractivity contribution in [1.29, 1.82) is 0 Å². The highest BCUT2D eigenvalue weighted by molar-refractivity contribution is 6.30. The molecule has 0 fully saturated rings. The maximum Gasteiger partial charge on any atom is 0.0775 e. The Labute approximate surface area is 116 Å². The van der Waals surface area contributed by atoms with Gasteiger partial charge in [0.05, 0.1) is 6.10 Å². The number of halogens is 1. The third-order valence-corrected chi connectivity index (χ3v) is 3.42. The second-order valence-electron chi connectivity index (χ2n) is 5.75. The first-order valence-electron chi connectivity index (χ1n) is 6.33. The van der Waals surface area contributed by atoms with E-state index in [1.54, 1.807) is 7.11 Å². The molecule has 0 aliphatic rings. The Morgan fingerprint density at radius 1 is 1.33 bits per heavy atom. The molecule has 0 radical (unpaired) electrons. The molecule has 0 heterocycles. The number of hydrogen-bond donors (Lipinski definition) is 1. The smallest absolute Gasteiger partial charge is 0.0775 e. The van der Waals surface area contributed by atoms with Crippen LogP contribution in [0.4, 0.5) is 0 Å². The zero-order chi connectivity index (χ0) is 13.8. The molecule has 0 amide bonds. The minimum atomic E-state index is 0.0982. The first-order chi connectivity index (χ1) is 8.38. The molecular weight excluding hydrogens is 246 g/mol. The Balaban J connectivity index is 2.84. The monoisotopic (exact) mass is 269 g/mol. The van der Waals surface area contributed by atoms with Crippen molar-refractivity contribution in [1.82, 2.24) is 5.32 Å². The van der Waals surface area contributed by atoms with E-state index in [0.717, 1.165) is 11.4 Å². The molecule has 0 aliphatic carbocycles. The van der Waals surface area contributed by atoms with E-state index in [0.29, 0.717) is 0 Å². The Hall–Kier alpha value is -0.570. The average Bonchev–Trinajstić information content (AvgIpc) is 2.26. The zero-order valence-corrected chi connectivity index (χ0v) is 12.7. The average molecular weight is 270 g/mol. The van der Waals surface area contributed by atoms with Gasteiger partial charge in [0.15, 0.2) is 0 Å². The normalized spacial score (nSPS) is 15.4. The van der Waals surface area contributed by atoms with E-state index < -0.39 is 0 Å². The van der Waals surface area contributed by atoms with Crippen molar-refractivity contribution in [2.75, 3.05) is 14.2 Å². The van der Waals surface area contributed by atoms with E-state index in [2.05, 4.69) is 32.2 Å². The lowest BCUT2D eigenvalue weighted by atomic mass is 9.82. The van der Waals surface area contributed by atoms with Gasteiger partial charge >= 0.3 is 0 Å². The standard InChI is InChI=1S/C15H24ClNO/c1-15(2,3)14(18-5)13(17-4)10-11-7-6-8-12(16)9-11/h6-9,13-14,17H,10H2,1-5H3. The molecule has 2 nitrogen and oxygen atoms in total. The second-order valence-corrected chi connectivity index (χ2v) is 6.19. The van der Waals surface area contributed by atoms with E-state index >= 15 is 0 Å². The third kappa shape index (κ3) is 4.27. The molecule has 0 saturated carbocycles. The first kappa shape index (κ1) is 15.5. The van der Waals surface area contributed by atoms with E-state index in [1.807, 2.05) is 25.2 Å². The maximum absolute atomic E-state index is 6.02. The Morgan fingerprint density at radius 2 is 2.00 bits per heavy atom. The fourth-order valence-corrected chi connectivity index (χ4v) is 2.61. The summed E-state index contributed by atoms with van der Waals surface area (Å²) in [6.45, 7) is 6.59. The molecule has 0 aromatic heterocycles. The number of nitrogens with one attached hydrogen (secondary N) is 1. The minimum Gasteiger partial charge on any atom is -0.379 e. The lowest BCUT2D eigenvalue weighted by Gasteiger charge is -2.36. The highest BCUT2D eigenvalue weighted by atomic mass is 35.5. The van der Waals surface area contributed by atoms with Crippen molar-refractivity contribution in [3.05, 3.63) is 34.9 Å². The summed E-state index contributed by atoms with van der Waals surface area (Å²) in [6, 6.07) is 8.28. The summed E-state index contributed by atoms with van der Waals surface area (Å²) >= 11 is 6.02. The molecule has 102 valence electrons. The number of likely N-dealkylation sites (N-methyl/N-ethyl adjacent to an activating group) is 1. The van der Waals surface area contributed by atoms with Crippen LogP contribution in [0.1, 0.15) is 26.3 Å². The van der Waals surface area contributed by atoms with E-state index in [-0.39, 0.29) is 17.6 Å². The number of benzene rings is 1. The van der Waals surface area contributed by atoms with Crippen molar-refractivity contribution in [2.45, 2.75) is 39.3 Å². The summed E-state index contributed by atoms with van der Waals surface area (Å²) < 4.78 is 5.67. The molecule has 0 saturated heterocycles. The van der Waals surface area contributed by atoms with Crippen LogP contribution in [0.15, 0.2) is 24.3 Å². The largest absolute Gasteiger partial charge is 0.379 e. The SMILES string of the molecule is CNC(Cc1cccc(Cl)c1)C(OC)C(C)(C)C. The van der Waals surface area contributed by atoms with Crippen LogP contribution in [0.25, 0.3) is 0 Å². The van der Waals surface area contributed by atoms with Crippen molar-refractivity contribution in [3.63, 3.8) is 0 Å². The molecule has 0 spiro atoms. The van der Waals surface area contributed by atoms with E-state index in [9.17, 15) is 0 Å². The fraction of sp³-hybridized carbons (Fsp3) is 0.600. The van der Waals surface area contributed by atoms with Crippen LogP contribution < -0.4 is 5.32 Å². The first-order valence-corrected chi connectivity index (χ1v) is 6.70. The predicted molar refractivity (Wildman–Crippen MR) is 78.3 cm³/mol. The molecule has 2 unspecified atom stereocenters. The summed E-state index contributed by atoms with van der Waals surface area (Å²) in [7, 11) is 3.76. The van der Waals surface area contributed by atoms with Crippen LogP contribution in [0, 0.1) is 5.41 Å². The lowest BCUT2D eigenvalue weighted by Crippen LogP contribution is -2.47. The van der Waals surface area contributed by atoms with Crippen LogP contribution in [0.2, 0.25) is 5.02 Å². The van der Waals surface area contributed by atoms with Crippen molar-refractivity contribution < 1.29 is 4.74 Å². The number of hydrogen-bond acceptors (Lipinski definition) is 2. The van der Waals surface area contributed by atoms with Gasteiger partial charge in [-0.25, -0.2) is 0 Å². The molecule has 3 heteroatoms. The van der Waals surface area contributed by atoms with Gasteiger partial charge in [-0.2, -0.15) is 0 Å². The van der Waals surface area contributed by atoms with Crippen LogP contribution in [-0.4, -0.2) is 26.3 Å². The van der Waals surface area contributed by atoms with Crippen molar-refractivity contribution in [2.24, 2.45) is 5.41 Å². The van der Waals surface area contributed by atoms with Gasteiger partial charge in [-0.05, 0) is 36.6 Å². The fourth-order valence-electron chi connectivity index (χ4n) is 2.40. The molecule has 1 N–H and O–H groups in total. The van der Waals surface area contributed by atoms with Crippen LogP contribution in [0.3, 0.4) is 0 Å². The number of methoxy groups -OCH3 is 1. The van der Waals surface area contributed by atoms with Crippen molar-refractivity contribution in [3.8, 4) is 0 Å². The Morgan fingerprint density at radius 3 is 2.44 bits per heavy atom. The van der Waals surface area contributed by atoms with E-state index in [4.69, 9.17) is 16.3 Å². The molecular formula is C15H24ClNO. The molecule has 1 aromatic carbocycles. The molecule has 18 heavy (non-hydrogen) atoms. The topological polar surface area (TPSA) is 21.3 Å². The highest BCUT2D eigenvalue weighted by Crippen LogP contribution is 2.26. The maximum atomic E-state index is 6.02. The summed E-state index contributed by atoms with van der Waals surface area (Å²) in [5, 5.41) is 4.14. The highest BCUT2D eigenvalue weighted by Gasteiger charge is 2.31. The molecule has 0 bridgehead atoms. The van der Waals surface area contributed by atoms with Gasteiger partial charge in [0.25, 0.3) is 0 Å². The van der Waals surface area contributed by atoms with Gasteiger partial charge in [-0.15, -0.1) is 0 Å². The number of rotatable bonds is 5. The molecule has 2 atom stereocenters. The van der Waals surface area contributed by atoms with E-state index in [1.165, 1.54) is 5.56 Å². The van der Waals surface area contributed by atoms with Gasteiger partial charge in [0.1, 0.15) is 0 Å². The Kier molecular flexibility index (Phi) is 5.64.